The second-order valence-electron chi connectivity index (χ2n) is 6.78. The Morgan fingerprint density at radius 2 is 1.55 bits per heavy atom. The topological polar surface area (TPSA) is 73.8 Å². The van der Waals surface area contributed by atoms with Gasteiger partial charge in [-0.15, -0.1) is 0 Å². The van der Waals surface area contributed by atoms with Gasteiger partial charge in [0.25, 0.3) is 11.8 Å². The molecular weight excluding hydrogens is 435 g/mol. The van der Waals surface area contributed by atoms with Crippen molar-refractivity contribution in [3.05, 3.63) is 93.5 Å². The molecule has 3 rings (SSSR count). The molecule has 0 heterocycles. The van der Waals surface area contributed by atoms with E-state index < -0.39 is 11.8 Å². The van der Waals surface area contributed by atoms with Crippen molar-refractivity contribution in [1.29, 1.82) is 0 Å². The second kappa shape index (κ2) is 10.1. The summed E-state index contributed by atoms with van der Waals surface area (Å²) >= 11 is 12.4. The third kappa shape index (κ3) is 5.63. The lowest BCUT2D eigenvalue weighted by Gasteiger charge is -2.13. The molecule has 0 aliphatic carbocycles. The minimum absolute atomic E-state index is 0.258. The average molecular weight is 455 g/mol. The molecule has 0 saturated carbocycles. The Labute approximate surface area is 190 Å². The number of nitrogens with zero attached hydrogens (tertiary/aromatic N) is 2. The first-order valence-corrected chi connectivity index (χ1v) is 10.1. The van der Waals surface area contributed by atoms with Crippen LogP contribution in [0, 0.1) is 0 Å². The lowest BCUT2D eigenvalue weighted by atomic mass is 10.1. The quantitative estimate of drug-likeness (QED) is 0.403. The molecule has 0 atom stereocenters. The molecule has 3 aromatic rings. The van der Waals surface area contributed by atoms with Crippen molar-refractivity contribution in [3.63, 3.8) is 0 Å². The summed E-state index contributed by atoms with van der Waals surface area (Å²) in [6, 6.07) is 18.8. The van der Waals surface area contributed by atoms with E-state index in [4.69, 9.17) is 23.2 Å². The Hall–Kier alpha value is -3.35. The second-order valence-corrected chi connectivity index (χ2v) is 7.59. The smallest absolute Gasteiger partial charge is 0.273 e. The molecule has 8 heteroatoms. The summed E-state index contributed by atoms with van der Waals surface area (Å²) in [5.74, 6) is -0.894. The van der Waals surface area contributed by atoms with Gasteiger partial charge in [0, 0.05) is 25.3 Å². The van der Waals surface area contributed by atoms with Gasteiger partial charge in [-0.05, 0) is 42.5 Å². The van der Waals surface area contributed by atoms with E-state index in [0.717, 1.165) is 5.69 Å². The molecule has 0 unspecified atom stereocenters. The van der Waals surface area contributed by atoms with Gasteiger partial charge < -0.3 is 10.2 Å². The van der Waals surface area contributed by atoms with Gasteiger partial charge in [-0.25, -0.2) is 5.43 Å². The number of benzene rings is 3. The van der Waals surface area contributed by atoms with Crippen LogP contribution in [0.5, 0.6) is 0 Å². The van der Waals surface area contributed by atoms with E-state index in [1.165, 1.54) is 6.21 Å². The van der Waals surface area contributed by atoms with Crippen LogP contribution in [0.25, 0.3) is 0 Å². The first-order chi connectivity index (χ1) is 14.9. The highest BCUT2D eigenvalue weighted by atomic mass is 35.5. The summed E-state index contributed by atoms with van der Waals surface area (Å²) in [6.45, 7) is 0. The van der Waals surface area contributed by atoms with Crippen LogP contribution in [0.1, 0.15) is 26.3 Å². The standard InChI is InChI=1S/C23H20Cl2N4O2/c1-29(2)16-12-11-15(20(25)13-16)14-26-28-23(31)18-8-4-6-10-21(18)27-22(30)17-7-3-5-9-19(17)24/h3-14H,1-2H3,(H,27,30)(H,28,31). The van der Waals surface area contributed by atoms with Gasteiger partial charge >= 0.3 is 0 Å². The Bertz CT molecular complexity index is 1150. The molecule has 0 spiro atoms. The predicted octanol–water partition coefficient (Wildman–Crippen LogP) is 5.08. The maximum atomic E-state index is 12.6. The van der Waals surface area contributed by atoms with Crippen molar-refractivity contribution in [3.8, 4) is 0 Å². The highest BCUT2D eigenvalue weighted by Crippen LogP contribution is 2.22. The minimum Gasteiger partial charge on any atom is -0.378 e. The molecule has 158 valence electrons. The molecule has 6 nitrogen and oxygen atoms in total. The monoisotopic (exact) mass is 454 g/mol. The number of hydrogen-bond donors (Lipinski definition) is 2. The van der Waals surface area contributed by atoms with E-state index >= 15 is 0 Å². The molecule has 0 aliphatic rings. The van der Waals surface area contributed by atoms with Crippen LogP contribution < -0.4 is 15.6 Å². The maximum Gasteiger partial charge on any atom is 0.273 e. The molecule has 0 saturated heterocycles. The minimum atomic E-state index is -0.479. The Kier molecular flexibility index (Phi) is 7.28. The van der Waals surface area contributed by atoms with Gasteiger partial charge in [0.1, 0.15) is 0 Å². The lowest BCUT2D eigenvalue weighted by Crippen LogP contribution is -2.21. The third-order valence-electron chi connectivity index (χ3n) is 4.41. The number of rotatable bonds is 6. The molecule has 0 radical (unpaired) electrons. The zero-order valence-corrected chi connectivity index (χ0v) is 18.4. The number of carbonyl (C=O) groups is 2. The van der Waals surface area contributed by atoms with Crippen molar-refractivity contribution in [2.24, 2.45) is 5.10 Å². The molecule has 3 aromatic carbocycles. The van der Waals surface area contributed by atoms with E-state index in [2.05, 4.69) is 15.8 Å². The van der Waals surface area contributed by atoms with E-state index in [-0.39, 0.29) is 5.56 Å². The molecular formula is C23H20Cl2N4O2. The number of amides is 2. The van der Waals surface area contributed by atoms with Crippen molar-refractivity contribution < 1.29 is 9.59 Å². The molecule has 0 fully saturated rings. The van der Waals surface area contributed by atoms with E-state index in [1.54, 1.807) is 48.5 Å². The zero-order valence-electron chi connectivity index (χ0n) is 16.9. The number of para-hydroxylation sites is 1. The van der Waals surface area contributed by atoms with Crippen molar-refractivity contribution in [1.82, 2.24) is 5.43 Å². The number of hydrazone groups is 1. The van der Waals surface area contributed by atoms with Crippen molar-refractivity contribution in [2.45, 2.75) is 0 Å². The Balaban J connectivity index is 1.72. The highest BCUT2D eigenvalue weighted by Gasteiger charge is 2.15. The molecule has 0 bridgehead atoms. The summed E-state index contributed by atoms with van der Waals surface area (Å²) in [7, 11) is 3.84. The van der Waals surface area contributed by atoms with Crippen LogP contribution in [0.2, 0.25) is 10.0 Å². The zero-order chi connectivity index (χ0) is 22.4. The lowest BCUT2D eigenvalue weighted by molar-refractivity contribution is 0.0956. The number of hydrogen-bond acceptors (Lipinski definition) is 4. The van der Waals surface area contributed by atoms with Crippen LogP contribution in [0.3, 0.4) is 0 Å². The molecule has 2 N–H and O–H groups in total. The molecule has 0 aromatic heterocycles. The summed E-state index contributed by atoms with van der Waals surface area (Å²) in [4.78, 5) is 27.1. The highest BCUT2D eigenvalue weighted by molar-refractivity contribution is 6.34. The molecule has 0 aliphatic heterocycles. The van der Waals surface area contributed by atoms with Crippen LogP contribution in [-0.2, 0) is 0 Å². The number of carbonyl (C=O) groups excluding carboxylic acids is 2. The average Bonchev–Trinajstić information content (AvgIpc) is 2.75. The van der Waals surface area contributed by atoms with Crippen LogP contribution in [-0.4, -0.2) is 32.1 Å². The van der Waals surface area contributed by atoms with Gasteiger partial charge in [0.2, 0.25) is 0 Å². The first-order valence-electron chi connectivity index (χ1n) is 9.32. The van der Waals surface area contributed by atoms with E-state index in [1.807, 2.05) is 37.2 Å². The maximum absolute atomic E-state index is 12.6. The van der Waals surface area contributed by atoms with Gasteiger partial charge in [0.05, 0.1) is 33.1 Å². The summed E-state index contributed by atoms with van der Waals surface area (Å²) < 4.78 is 0. The fourth-order valence-electron chi connectivity index (χ4n) is 2.74. The molecule has 2 amide bonds. The Morgan fingerprint density at radius 1 is 0.871 bits per heavy atom. The first kappa shape index (κ1) is 22.3. The molecule has 31 heavy (non-hydrogen) atoms. The number of nitrogens with one attached hydrogen (secondary N) is 2. The van der Waals surface area contributed by atoms with Crippen LogP contribution in [0.15, 0.2) is 71.8 Å². The summed E-state index contributed by atoms with van der Waals surface area (Å²) in [5, 5.41) is 7.54. The number of anilines is 2. The summed E-state index contributed by atoms with van der Waals surface area (Å²) in [5.41, 5.74) is 4.99. The van der Waals surface area contributed by atoms with E-state index in [9.17, 15) is 9.59 Å². The largest absolute Gasteiger partial charge is 0.378 e. The van der Waals surface area contributed by atoms with Crippen LogP contribution >= 0.6 is 23.2 Å². The fourth-order valence-corrected chi connectivity index (χ4v) is 3.19. The van der Waals surface area contributed by atoms with E-state index in [0.29, 0.717) is 26.9 Å². The SMILES string of the molecule is CN(C)c1ccc(C=NNC(=O)c2ccccc2NC(=O)c2ccccc2Cl)c(Cl)c1. The fraction of sp³-hybridized carbons (Fsp3) is 0.0870. The van der Waals surface area contributed by atoms with Crippen LogP contribution in [0.4, 0.5) is 11.4 Å². The third-order valence-corrected chi connectivity index (χ3v) is 5.07. The Morgan fingerprint density at radius 3 is 2.23 bits per heavy atom. The van der Waals surface area contributed by atoms with Gasteiger partial charge in [-0.2, -0.15) is 5.10 Å². The van der Waals surface area contributed by atoms with Gasteiger partial charge in [0.15, 0.2) is 0 Å². The van der Waals surface area contributed by atoms with Gasteiger partial charge in [-0.3, -0.25) is 9.59 Å². The number of halogens is 2. The van der Waals surface area contributed by atoms with Crippen molar-refractivity contribution in [2.75, 3.05) is 24.3 Å². The van der Waals surface area contributed by atoms with Crippen molar-refractivity contribution >= 4 is 52.6 Å². The van der Waals surface area contributed by atoms with Gasteiger partial charge in [-0.1, -0.05) is 47.5 Å². The summed E-state index contributed by atoms with van der Waals surface area (Å²) in [6.07, 6.45) is 1.46. The predicted molar refractivity (Wildman–Crippen MR) is 127 cm³/mol. The normalized spacial score (nSPS) is 10.7.